The van der Waals surface area contributed by atoms with E-state index < -0.39 is 16.1 Å². The first-order valence-corrected chi connectivity index (χ1v) is 12.0. The summed E-state index contributed by atoms with van der Waals surface area (Å²) < 4.78 is 27.8. The Morgan fingerprint density at radius 3 is 2.77 bits per heavy atom. The molecule has 0 unspecified atom stereocenters. The number of anilines is 1. The Morgan fingerprint density at radius 2 is 2.07 bits per heavy atom. The molecule has 162 valence electrons. The van der Waals surface area contributed by atoms with Crippen LogP contribution >= 0.6 is 0 Å². The van der Waals surface area contributed by atoms with Gasteiger partial charge in [-0.25, -0.2) is 17.7 Å². The summed E-state index contributed by atoms with van der Waals surface area (Å²) in [6.45, 7) is 4.56. The van der Waals surface area contributed by atoms with E-state index in [0.717, 1.165) is 30.3 Å². The van der Waals surface area contributed by atoms with Crippen LogP contribution in [-0.2, 0) is 21.2 Å². The van der Waals surface area contributed by atoms with Gasteiger partial charge in [-0.15, -0.1) is 0 Å². The largest absolute Gasteiger partial charge is 0.328 e. The molecule has 0 aliphatic carbocycles. The summed E-state index contributed by atoms with van der Waals surface area (Å²) in [7, 11) is -3.16. The van der Waals surface area contributed by atoms with Gasteiger partial charge in [-0.3, -0.25) is 15.0 Å². The first kappa shape index (κ1) is 20.8. The number of urea groups is 1. The maximum atomic E-state index is 12.2. The number of nitrogens with one attached hydrogen (secondary N) is 1. The lowest BCUT2D eigenvalue weighted by atomic mass is 9.88. The standard InChI is InChI=1S/C20H27N5O4S/c1-3-30(28,29)25-9-5-15(10-14(25)2)11-16-4-8-24-17(12-16)18(13-21-24)23-7-6-19(26)22-20(23)27/h4,8,12-15H,3,5-7,9-11H2,1-2H3,(H,22,26,27)/t14-,15+/m0/s1. The van der Waals surface area contributed by atoms with Crippen LogP contribution in [0.15, 0.2) is 24.5 Å². The number of carbonyl (C=O) groups is 2. The number of aromatic nitrogens is 2. The molecule has 2 aromatic rings. The van der Waals surface area contributed by atoms with Gasteiger partial charge in [0, 0.05) is 31.7 Å². The Morgan fingerprint density at radius 1 is 1.27 bits per heavy atom. The highest BCUT2D eigenvalue weighted by molar-refractivity contribution is 7.89. The molecule has 2 atom stereocenters. The van der Waals surface area contributed by atoms with Crippen LogP contribution in [0, 0.1) is 5.92 Å². The summed E-state index contributed by atoms with van der Waals surface area (Å²) in [4.78, 5) is 25.2. The van der Waals surface area contributed by atoms with Gasteiger partial charge in [0.2, 0.25) is 15.9 Å². The molecule has 10 heteroatoms. The van der Waals surface area contributed by atoms with Crippen molar-refractivity contribution in [3.05, 3.63) is 30.1 Å². The number of imide groups is 1. The minimum absolute atomic E-state index is 0.00228. The van der Waals surface area contributed by atoms with E-state index in [-0.39, 0.29) is 24.1 Å². The monoisotopic (exact) mass is 433 g/mol. The molecule has 3 amide bonds. The van der Waals surface area contributed by atoms with Crippen LogP contribution in [0.3, 0.4) is 0 Å². The van der Waals surface area contributed by atoms with Gasteiger partial charge in [0.05, 0.1) is 23.2 Å². The molecule has 2 aliphatic heterocycles. The van der Waals surface area contributed by atoms with E-state index in [1.807, 2.05) is 25.3 Å². The number of hydrogen-bond acceptors (Lipinski definition) is 5. The Kier molecular flexibility index (Phi) is 5.54. The van der Waals surface area contributed by atoms with Crippen molar-refractivity contribution in [2.45, 2.75) is 45.6 Å². The van der Waals surface area contributed by atoms with Gasteiger partial charge < -0.3 is 0 Å². The maximum absolute atomic E-state index is 12.2. The molecule has 0 bridgehead atoms. The van der Waals surface area contributed by atoms with Crippen LogP contribution in [0.1, 0.15) is 38.7 Å². The maximum Gasteiger partial charge on any atom is 0.328 e. The van der Waals surface area contributed by atoms with Crippen LogP contribution in [0.5, 0.6) is 0 Å². The molecule has 2 saturated heterocycles. The number of carbonyl (C=O) groups excluding carboxylic acids is 2. The lowest BCUT2D eigenvalue weighted by Crippen LogP contribution is -2.49. The predicted molar refractivity (Wildman–Crippen MR) is 113 cm³/mol. The predicted octanol–water partition coefficient (Wildman–Crippen LogP) is 1.77. The van der Waals surface area contributed by atoms with Crippen molar-refractivity contribution in [3.8, 4) is 0 Å². The molecule has 2 aliphatic rings. The first-order valence-electron chi connectivity index (χ1n) is 10.4. The number of nitrogens with zero attached hydrogens (tertiary/aromatic N) is 4. The highest BCUT2D eigenvalue weighted by atomic mass is 32.2. The molecule has 0 aromatic carbocycles. The Hall–Kier alpha value is -2.46. The normalized spacial score (nSPS) is 23.7. The summed E-state index contributed by atoms with van der Waals surface area (Å²) in [6, 6.07) is 3.62. The molecular formula is C20H27N5O4S. The summed E-state index contributed by atoms with van der Waals surface area (Å²) in [5, 5.41) is 6.68. The number of rotatable bonds is 5. The van der Waals surface area contributed by atoms with Crippen molar-refractivity contribution >= 4 is 33.2 Å². The van der Waals surface area contributed by atoms with E-state index in [4.69, 9.17) is 0 Å². The SMILES string of the molecule is CCS(=O)(=O)N1CC[C@@H](Cc2ccn3ncc(N4CCC(=O)NC4=O)c3c2)C[C@@H]1C. The fraction of sp³-hybridized carbons (Fsp3) is 0.550. The Balaban J connectivity index is 1.51. The molecule has 0 saturated carbocycles. The third-order valence-corrected chi connectivity index (χ3v) is 8.07. The molecule has 30 heavy (non-hydrogen) atoms. The molecule has 9 nitrogen and oxygen atoms in total. The summed E-state index contributed by atoms with van der Waals surface area (Å²) in [5.74, 6) is 0.269. The van der Waals surface area contributed by atoms with Crippen molar-refractivity contribution in [3.63, 3.8) is 0 Å². The van der Waals surface area contributed by atoms with Crippen LogP contribution in [0.25, 0.3) is 5.52 Å². The van der Waals surface area contributed by atoms with Crippen LogP contribution in [0.4, 0.5) is 10.5 Å². The van der Waals surface area contributed by atoms with Crippen molar-refractivity contribution in [1.29, 1.82) is 0 Å². The highest BCUT2D eigenvalue weighted by Gasteiger charge is 2.32. The van der Waals surface area contributed by atoms with Gasteiger partial charge in [0.25, 0.3) is 0 Å². The zero-order valence-corrected chi connectivity index (χ0v) is 18.1. The fourth-order valence-electron chi connectivity index (χ4n) is 4.49. The molecule has 0 radical (unpaired) electrons. The molecule has 2 fully saturated rings. The summed E-state index contributed by atoms with van der Waals surface area (Å²) in [5.41, 5.74) is 2.62. The Labute approximate surface area is 176 Å². The third kappa shape index (κ3) is 3.93. The lowest BCUT2D eigenvalue weighted by Gasteiger charge is -2.36. The number of sulfonamides is 1. The summed E-state index contributed by atoms with van der Waals surface area (Å²) in [6.07, 6.45) is 6.28. The van der Waals surface area contributed by atoms with Gasteiger partial charge >= 0.3 is 6.03 Å². The van der Waals surface area contributed by atoms with Crippen LogP contribution < -0.4 is 10.2 Å². The van der Waals surface area contributed by atoms with Gasteiger partial charge in [-0.05, 0) is 56.7 Å². The minimum atomic E-state index is -3.16. The average Bonchev–Trinajstić information content (AvgIpc) is 3.11. The number of hydrogen-bond donors (Lipinski definition) is 1. The Bertz CT molecular complexity index is 1080. The van der Waals surface area contributed by atoms with E-state index in [1.54, 1.807) is 26.8 Å². The van der Waals surface area contributed by atoms with E-state index in [1.165, 1.54) is 0 Å². The quantitative estimate of drug-likeness (QED) is 0.774. The molecule has 0 spiro atoms. The van der Waals surface area contributed by atoms with E-state index >= 15 is 0 Å². The van der Waals surface area contributed by atoms with E-state index in [9.17, 15) is 18.0 Å². The number of piperidine rings is 1. The number of pyridine rings is 1. The molecular weight excluding hydrogens is 406 g/mol. The average molecular weight is 434 g/mol. The minimum Gasteiger partial charge on any atom is -0.290 e. The van der Waals surface area contributed by atoms with Crippen molar-refractivity contribution < 1.29 is 18.0 Å². The third-order valence-electron chi connectivity index (χ3n) is 6.08. The highest BCUT2D eigenvalue weighted by Crippen LogP contribution is 2.30. The zero-order chi connectivity index (χ0) is 21.5. The first-order chi connectivity index (χ1) is 14.3. The smallest absolute Gasteiger partial charge is 0.290 e. The topological polar surface area (TPSA) is 104 Å². The second-order valence-corrected chi connectivity index (χ2v) is 10.3. The summed E-state index contributed by atoms with van der Waals surface area (Å²) >= 11 is 0. The molecule has 2 aromatic heterocycles. The fourth-order valence-corrected chi connectivity index (χ4v) is 5.84. The van der Waals surface area contributed by atoms with Crippen molar-refractivity contribution in [2.24, 2.45) is 5.92 Å². The molecule has 4 heterocycles. The van der Waals surface area contributed by atoms with E-state index in [2.05, 4.69) is 10.4 Å². The van der Waals surface area contributed by atoms with Gasteiger partial charge in [0.1, 0.15) is 0 Å². The van der Waals surface area contributed by atoms with Gasteiger partial charge in [0.15, 0.2) is 0 Å². The lowest BCUT2D eigenvalue weighted by molar-refractivity contribution is -0.120. The van der Waals surface area contributed by atoms with E-state index in [0.29, 0.717) is 24.7 Å². The van der Waals surface area contributed by atoms with Gasteiger partial charge in [-0.1, -0.05) is 0 Å². The zero-order valence-electron chi connectivity index (χ0n) is 17.2. The number of fused-ring (bicyclic) bond motifs is 1. The number of amides is 3. The van der Waals surface area contributed by atoms with Gasteiger partial charge in [-0.2, -0.15) is 9.40 Å². The van der Waals surface area contributed by atoms with Crippen molar-refractivity contribution in [2.75, 3.05) is 23.7 Å². The molecule has 1 N–H and O–H groups in total. The second kappa shape index (κ2) is 7.99. The molecule has 4 rings (SSSR count). The van der Waals surface area contributed by atoms with Crippen molar-refractivity contribution in [1.82, 2.24) is 19.2 Å². The second-order valence-electron chi connectivity index (χ2n) is 8.10. The van der Waals surface area contributed by atoms with Crippen LogP contribution in [0.2, 0.25) is 0 Å². The van der Waals surface area contributed by atoms with Crippen LogP contribution in [-0.4, -0.2) is 59.2 Å².